The van der Waals surface area contributed by atoms with E-state index in [0.29, 0.717) is 0 Å². The van der Waals surface area contributed by atoms with Crippen LogP contribution in [0, 0.1) is 0 Å². The predicted molar refractivity (Wildman–Crippen MR) is 199 cm³/mol. The fourth-order valence-electron chi connectivity index (χ4n) is 8.59. The summed E-state index contributed by atoms with van der Waals surface area (Å²) in [4.78, 5) is 0. The lowest BCUT2D eigenvalue weighted by atomic mass is 9.78. The van der Waals surface area contributed by atoms with Gasteiger partial charge >= 0.3 is 0 Å². The molecule has 0 unspecified atom stereocenters. The molecule has 7 rings (SSSR count). The second kappa shape index (κ2) is 10.2. The third-order valence-electron chi connectivity index (χ3n) is 11.3. The zero-order valence-corrected chi connectivity index (χ0v) is 30.9. The minimum atomic E-state index is 0.0887. The highest BCUT2D eigenvalue weighted by atomic mass is 14.4. The first kappa shape index (κ1) is 31.5. The van der Waals surface area contributed by atoms with E-state index in [1.54, 1.807) is 33.4 Å². The summed E-state index contributed by atoms with van der Waals surface area (Å²) in [6.07, 6.45) is 6.48. The molecule has 6 bridgehead atoms. The van der Waals surface area contributed by atoms with Crippen molar-refractivity contribution in [1.29, 1.82) is 0 Å². The van der Waals surface area contributed by atoms with Crippen LogP contribution < -0.4 is 0 Å². The lowest BCUT2D eigenvalue weighted by Gasteiger charge is -2.27. The summed E-state index contributed by atoms with van der Waals surface area (Å²) in [6, 6.07) is 20.7. The van der Waals surface area contributed by atoms with Gasteiger partial charge in [-0.05, 0) is 149 Å². The Balaban J connectivity index is 1.50. The van der Waals surface area contributed by atoms with Crippen LogP contribution in [-0.4, -0.2) is 0 Å². The molecule has 0 amide bonds. The van der Waals surface area contributed by atoms with Crippen molar-refractivity contribution in [2.75, 3.05) is 0 Å². The summed E-state index contributed by atoms with van der Waals surface area (Å²) in [5, 5.41) is 0. The van der Waals surface area contributed by atoms with E-state index in [4.69, 9.17) is 0 Å². The second-order valence-electron chi connectivity index (χ2n) is 19.0. The van der Waals surface area contributed by atoms with Crippen LogP contribution in [-0.2, 0) is 60.2 Å². The Bertz CT molecular complexity index is 1760. The predicted octanol–water partition coefficient (Wildman–Crippen LogP) is 11.9. The Morgan fingerprint density at radius 1 is 0.326 bits per heavy atom. The molecule has 240 valence electrons. The first-order valence-electron chi connectivity index (χ1n) is 17.9. The highest BCUT2D eigenvalue weighted by Gasteiger charge is 2.32. The fraction of sp³-hybridized carbons (Fsp3) is 0.478. The van der Waals surface area contributed by atoms with Gasteiger partial charge in [-0.25, -0.2) is 0 Å². The largest absolute Gasteiger partial charge is 0.0561 e. The number of fused-ring (bicyclic) bond motifs is 4. The van der Waals surface area contributed by atoms with Gasteiger partial charge in [-0.2, -0.15) is 0 Å². The maximum atomic E-state index is 2.62. The van der Waals surface area contributed by atoms with Crippen molar-refractivity contribution in [3.05, 3.63) is 115 Å². The number of rotatable bonds is 0. The molecule has 4 aromatic carbocycles. The van der Waals surface area contributed by atoms with Gasteiger partial charge in [0.05, 0.1) is 0 Å². The molecule has 46 heavy (non-hydrogen) atoms. The first-order chi connectivity index (χ1) is 21.3. The third-order valence-corrected chi connectivity index (χ3v) is 11.3. The zero-order valence-electron chi connectivity index (χ0n) is 30.9. The van der Waals surface area contributed by atoms with Crippen LogP contribution in [0.2, 0.25) is 0 Å². The Hall–Kier alpha value is -3.12. The molecular formula is C46H56. The second-order valence-corrected chi connectivity index (χ2v) is 19.0. The maximum Gasteiger partial charge on any atom is -0.00106 e. The molecule has 0 N–H and O–H groups in total. The van der Waals surface area contributed by atoms with Crippen LogP contribution in [0.1, 0.15) is 150 Å². The van der Waals surface area contributed by atoms with Crippen molar-refractivity contribution in [3.63, 3.8) is 0 Å². The van der Waals surface area contributed by atoms with E-state index in [0.717, 1.165) is 38.5 Å². The molecule has 4 aromatic rings. The molecule has 0 radical (unpaired) electrons. The molecule has 0 atom stereocenters. The molecule has 3 aliphatic rings. The molecule has 0 spiro atoms. The molecule has 0 heteroatoms. The van der Waals surface area contributed by atoms with Crippen molar-refractivity contribution in [1.82, 2.24) is 0 Å². The molecule has 0 nitrogen and oxygen atoms in total. The topological polar surface area (TPSA) is 0 Å². The minimum absolute atomic E-state index is 0.0887. The highest BCUT2D eigenvalue weighted by molar-refractivity contribution is 5.82. The molecule has 0 aromatic heterocycles. The van der Waals surface area contributed by atoms with Crippen LogP contribution >= 0.6 is 0 Å². The average molecular weight is 609 g/mol. The molecule has 0 saturated heterocycles. The van der Waals surface area contributed by atoms with E-state index < -0.39 is 0 Å². The van der Waals surface area contributed by atoms with Gasteiger partial charge in [0, 0.05) is 0 Å². The van der Waals surface area contributed by atoms with Crippen LogP contribution in [0.4, 0.5) is 0 Å². The van der Waals surface area contributed by atoms with Crippen molar-refractivity contribution < 1.29 is 0 Å². The monoisotopic (exact) mass is 608 g/mol. The minimum Gasteiger partial charge on any atom is -0.0561 e. The van der Waals surface area contributed by atoms with E-state index in [1.807, 2.05) is 0 Å². The van der Waals surface area contributed by atoms with Crippen LogP contribution in [0.3, 0.4) is 0 Å². The van der Waals surface area contributed by atoms with Gasteiger partial charge in [-0.15, -0.1) is 0 Å². The van der Waals surface area contributed by atoms with E-state index in [-0.39, 0.29) is 21.7 Å². The normalized spacial score (nSPS) is 15.7. The molecule has 0 fully saturated rings. The Morgan fingerprint density at radius 3 is 1.00 bits per heavy atom. The summed E-state index contributed by atoms with van der Waals surface area (Å²) < 4.78 is 0. The lowest BCUT2D eigenvalue weighted by molar-refractivity contribution is 0.580. The van der Waals surface area contributed by atoms with Gasteiger partial charge in [0.2, 0.25) is 0 Å². The van der Waals surface area contributed by atoms with Crippen LogP contribution in [0.5, 0.6) is 0 Å². The van der Waals surface area contributed by atoms with Crippen LogP contribution in [0.25, 0.3) is 22.3 Å². The molecule has 0 aliphatic heterocycles. The Morgan fingerprint density at radius 2 is 0.674 bits per heavy atom. The smallest absolute Gasteiger partial charge is 0.00106 e. The zero-order chi connectivity index (χ0) is 33.1. The number of hydrogen-bond acceptors (Lipinski definition) is 0. The van der Waals surface area contributed by atoms with Gasteiger partial charge in [-0.3, -0.25) is 0 Å². The van der Waals surface area contributed by atoms with Gasteiger partial charge in [0.1, 0.15) is 0 Å². The highest BCUT2D eigenvalue weighted by Crippen LogP contribution is 2.47. The molecule has 3 aliphatic carbocycles. The lowest BCUT2D eigenvalue weighted by Crippen LogP contribution is -2.16. The van der Waals surface area contributed by atoms with E-state index in [9.17, 15) is 0 Å². The number of hydrogen-bond donors (Lipinski definition) is 0. The first-order valence-corrected chi connectivity index (χ1v) is 17.9. The number of aryl methyl sites for hydroxylation is 4. The summed E-state index contributed by atoms with van der Waals surface area (Å²) >= 11 is 0. The van der Waals surface area contributed by atoms with Gasteiger partial charge < -0.3 is 0 Å². The molecule has 0 heterocycles. The Kier molecular flexibility index (Phi) is 6.97. The number of benzene rings is 4. The van der Waals surface area contributed by atoms with E-state index >= 15 is 0 Å². The van der Waals surface area contributed by atoms with E-state index in [2.05, 4.69) is 132 Å². The average Bonchev–Trinajstić information content (AvgIpc) is 3.48. The van der Waals surface area contributed by atoms with Crippen molar-refractivity contribution in [3.8, 4) is 22.3 Å². The van der Waals surface area contributed by atoms with Gasteiger partial charge in [-0.1, -0.05) is 132 Å². The maximum absolute atomic E-state index is 2.62. The van der Waals surface area contributed by atoms with Gasteiger partial charge in [0.25, 0.3) is 0 Å². The quantitative estimate of drug-likeness (QED) is 0.161. The Labute approximate surface area is 280 Å². The molecule has 0 saturated carbocycles. The SMILES string of the molecule is CC(C)(C)c1cc2c3c(c1)-c1cc(C(C)(C)C)c(cc1C3)CCc1cc(C(C)(C)C)cc3c1Cc1cc(c(C(C)(C)C)cc1-3)CC2. The third kappa shape index (κ3) is 5.29. The fourth-order valence-corrected chi connectivity index (χ4v) is 8.59. The van der Waals surface area contributed by atoms with Crippen molar-refractivity contribution in [2.24, 2.45) is 0 Å². The van der Waals surface area contributed by atoms with Crippen molar-refractivity contribution in [2.45, 2.75) is 143 Å². The summed E-state index contributed by atoms with van der Waals surface area (Å²) in [5.41, 5.74) is 24.8. The molecular weight excluding hydrogens is 553 g/mol. The van der Waals surface area contributed by atoms with Crippen LogP contribution in [0.15, 0.2) is 48.5 Å². The van der Waals surface area contributed by atoms with Crippen molar-refractivity contribution >= 4 is 0 Å². The standard InChI is InChI=1S/C46H56/c1-43(2,3)33-19-27-13-15-29-18-32-22-36-28(20-34(44(4,5)6)24-40(36)38(32)26-42(29)46(10,11)12)14-16-30-17-31-21-35(27)39(23-33)37(31)25-41(30)45(7,8)9/h17-20,23-26H,13-16,21-22H2,1-12H3. The summed E-state index contributed by atoms with van der Waals surface area (Å²) in [7, 11) is 0. The van der Waals surface area contributed by atoms with E-state index in [1.165, 1.54) is 55.6 Å². The summed E-state index contributed by atoms with van der Waals surface area (Å²) in [6.45, 7) is 28.7. The van der Waals surface area contributed by atoms with Gasteiger partial charge in [0.15, 0.2) is 0 Å². The summed E-state index contributed by atoms with van der Waals surface area (Å²) in [5.74, 6) is 0.